The van der Waals surface area contributed by atoms with Crippen molar-refractivity contribution in [1.29, 1.82) is 0 Å². The van der Waals surface area contributed by atoms with Gasteiger partial charge in [0.2, 0.25) is 0 Å². The van der Waals surface area contributed by atoms with Gasteiger partial charge in [-0.25, -0.2) is 0 Å². The summed E-state index contributed by atoms with van der Waals surface area (Å²) < 4.78 is 12.1. The van der Waals surface area contributed by atoms with E-state index in [2.05, 4.69) is 36.4 Å². The smallest absolute Gasteiger partial charge is 0.155 e. The maximum absolute atomic E-state index is 6.16. The summed E-state index contributed by atoms with van der Waals surface area (Å²) >= 11 is 3.65. The van der Waals surface area contributed by atoms with Gasteiger partial charge in [0.25, 0.3) is 0 Å². The average Bonchev–Trinajstić information content (AvgIpc) is 2.44. The van der Waals surface area contributed by atoms with Crippen molar-refractivity contribution in [2.24, 2.45) is 22.7 Å². The highest BCUT2D eigenvalue weighted by Crippen LogP contribution is 2.63. The standard InChI is InChI=1S/C18H29BrO2/c1-12-5-6-15-17(3,14(12)8-10-19)9-7-16-18(15,4)11-20-13(2)21-16/h13-16H,1,5-11H2,2-4H3/t13-,14-,15?,16-,17+,18+/m1/s1. The number of allylic oxidation sites excluding steroid dienone is 1. The molecule has 2 saturated carbocycles. The van der Waals surface area contributed by atoms with E-state index in [1.54, 1.807) is 0 Å². The fourth-order valence-corrected chi connectivity index (χ4v) is 6.06. The molecule has 0 N–H and O–H groups in total. The number of ether oxygens (including phenoxy) is 2. The zero-order chi connectivity index (χ0) is 15.3. The van der Waals surface area contributed by atoms with Crippen LogP contribution >= 0.6 is 15.9 Å². The van der Waals surface area contributed by atoms with Gasteiger partial charge < -0.3 is 9.47 Å². The number of hydrogen-bond acceptors (Lipinski definition) is 2. The van der Waals surface area contributed by atoms with Gasteiger partial charge in [0.05, 0.1) is 12.7 Å². The summed E-state index contributed by atoms with van der Waals surface area (Å²) in [6, 6.07) is 0. The minimum Gasteiger partial charge on any atom is -0.352 e. The molecule has 0 spiro atoms. The van der Waals surface area contributed by atoms with E-state index in [-0.39, 0.29) is 11.7 Å². The van der Waals surface area contributed by atoms with Gasteiger partial charge in [0, 0.05) is 10.7 Å². The zero-order valence-corrected chi connectivity index (χ0v) is 15.2. The zero-order valence-electron chi connectivity index (χ0n) is 13.7. The SMILES string of the molecule is C=C1CCC2[C@]3(C)CO[C@@H](C)O[C@@H]3CC[C@@]2(C)[C@@H]1CCBr. The van der Waals surface area contributed by atoms with Crippen LogP contribution in [-0.2, 0) is 9.47 Å². The van der Waals surface area contributed by atoms with Crippen LogP contribution in [0.3, 0.4) is 0 Å². The van der Waals surface area contributed by atoms with Gasteiger partial charge in [0.1, 0.15) is 0 Å². The van der Waals surface area contributed by atoms with Crippen LogP contribution in [0.2, 0.25) is 0 Å². The minimum atomic E-state index is -0.0377. The number of rotatable bonds is 2. The normalized spacial score (nSPS) is 50.4. The highest BCUT2D eigenvalue weighted by molar-refractivity contribution is 9.09. The second-order valence-corrected chi connectivity index (χ2v) is 8.63. The molecular weight excluding hydrogens is 328 g/mol. The van der Waals surface area contributed by atoms with Gasteiger partial charge in [0.15, 0.2) is 6.29 Å². The molecule has 0 aromatic rings. The first-order valence-corrected chi connectivity index (χ1v) is 9.54. The molecule has 1 heterocycles. The molecule has 1 unspecified atom stereocenters. The van der Waals surface area contributed by atoms with Crippen LogP contribution in [0.25, 0.3) is 0 Å². The van der Waals surface area contributed by atoms with Crippen molar-refractivity contribution in [3.8, 4) is 0 Å². The van der Waals surface area contributed by atoms with Crippen LogP contribution in [-0.4, -0.2) is 24.3 Å². The molecule has 0 aromatic carbocycles. The molecule has 1 aliphatic heterocycles. The molecule has 2 aliphatic carbocycles. The Bertz CT molecular complexity index is 423. The Balaban J connectivity index is 1.92. The van der Waals surface area contributed by atoms with Gasteiger partial charge in [-0.05, 0) is 56.3 Å². The van der Waals surface area contributed by atoms with Crippen LogP contribution in [0.1, 0.15) is 52.9 Å². The number of fused-ring (bicyclic) bond motifs is 3. The number of hydrogen-bond donors (Lipinski definition) is 0. The van der Waals surface area contributed by atoms with E-state index in [0.29, 0.717) is 23.4 Å². The van der Waals surface area contributed by atoms with Crippen molar-refractivity contribution in [1.82, 2.24) is 0 Å². The molecule has 3 heteroatoms. The third kappa shape index (κ3) is 2.44. The summed E-state index contributed by atoms with van der Waals surface area (Å²) in [5.74, 6) is 1.33. The first-order valence-electron chi connectivity index (χ1n) is 8.42. The van der Waals surface area contributed by atoms with E-state index in [4.69, 9.17) is 9.47 Å². The van der Waals surface area contributed by atoms with Crippen LogP contribution < -0.4 is 0 Å². The van der Waals surface area contributed by atoms with Crippen molar-refractivity contribution in [3.63, 3.8) is 0 Å². The fourth-order valence-electron chi connectivity index (χ4n) is 5.60. The van der Waals surface area contributed by atoms with E-state index in [0.717, 1.165) is 11.9 Å². The van der Waals surface area contributed by atoms with Crippen LogP contribution in [0.15, 0.2) is 12.2 Å². The minimum absolute atomic E-state index is 0.0377. The third-order valence-corrected chi connectivity index (χ3v) is 7.16. The van der Waals surface area contributed by atoms with Crippen molar-refractivity contribution >= 4 is 15.9 Å². The second kappa shape index (κ2) is 5.65. The van der Waals surface area contributed by atoms with E-state index < -0.39 is 0 Å². The maximum atomic E-state index is 6.16. The van der Waals surface area contributed by atoms with Crippen molar-refractivity contribution < 1.29 is 9.47 Å². The van der Waals surface area contributed by atoms with E-state index in [1.165, 1.54) is 37.7 Å². The molecule has 0 radical (unpaired) electrons. The lowest BCUT2D eigenvalue weighted by Crippen LogP contribution is -2.61. The molecular formula is C18H29BrO2. The summed E-state index contributed by atoms with van der Waals surface area (Å²) in [6.45, 7) is 12.2. The monoisotopic (exact) mass is 356 g/mol. The molecule has 3 rings (SSSR count). The van der Waals surface area contributed by atoms with Crippen LogP contribution in [0.4, 0.5) is 0 Å². The highest BCUT2D eigenvalue weighted by atomic mass is 79.9. The highest BCUT2D eigenvalue weighted by Gasteiger charge is 2.59. The molecule has 3 aliphatic rings. The topological polar surface area (TPSA) is 18.5 Å². The Hall–Kier alpha value is 0.140. The van der Waals surface area contributed by atoms with Gasteiger partial charge >= 0.3 is 0 Å². The van der Waals surface area contributed by atoms with E-state index >= 15 is 0 Å². The molecule has 120 valence electrons. The Labute approximate surface area is 137 Å². The van der Waals surface area contributed by atoms with E-state index in [9.17, 15) is 0 Å². The summed E-state index contributed by atoms with van der Waals surface area (Å²) in [5, 5.41) is 1.07. The lowest BCUT2D eigenvalue weighted by Gasteiger charge is -2.62. The third-order valence-electron chi connectivity index (χ3n) is 6.70. The molecule has 0 aromatic heterocycles. The average molecular weight is 357 g/mol. The summed E-state index contributed by atoms with van der Waals surface area (Å²) in [5.41, 5.74) is 2.01. The second-order valence-electron chi connectivity index (χ2n) is 7.83. The summed E-state index contributed by atoms with van der Waals surface area (Å²) in [6.07, 6.45) is 6.41. The lowest BCUT2D eigenvalue weighted by atomic mass is 9.46. The van der Waals surface area contributed by atoms with Gasteiger partial charge in [-0.3, -0.25) is 0 Å². The first-order chi connectivity index (χ1) is 9.91. The summed E-state index contributed by atoms with van der Waals surface area (Å²) in [7, 11) is 0. The van der Waals surface area contributed by atoms with Crippen LogP contribution in [0.5, 0.6) is 0 Å². The van der Waals surface area contributed by atoms with Gasteiger partial charge in [-0.15, -0.1) is 0 Å². The largest absolute Gasteiger partial charge is 0.352 e. The lowest BCUT2D eigenvalue weighted by molar-refractivity contribution is -0.297. The number of alkyl halides is 1. The van der Waals surface area contributed by atoms with Crippen LogP contribution in [0, 0.1) is 22.7 Å². The maximum Gasteiger partial charge on any atom is 0.155 e. The molecule has 1 saturated heterocycles. The predicted octanol–water partition coefficient (Wildman–Crippen LogP) is 4.92. The van der Waals surface area contributed by atoms with Crippen molar-refractivity contribution in [3.05, 3.63) is 12.2 Å². The van der Waals surface area contributed by atoms with Crippen molar-refractivity contribution in [2.75, 3.05) is 11.9 Å². The molecule has 3 fully saturated rings. The molecule has 2 nitrogen and oxygen atoms in total. The van der Waals surface area contributed by atoms with E-state index in [1.807, 2.05) is 6.92 Å². The molecule has 6 atom stereocenters. The molecule has 0 bridgehead atoms. The predicted molar refractivity (Wildman–Crippen MR) is 89.5 cm³/mol. The first kappa shape index (κ1) is 16.0. The van der Waals surface area contributed by atoms with Gasteiger partial charge in [-0.1, -0.05) is 41.9 Å². The Kier molecular flexibility index (Phi) is 4.31. The fraction of sp³-hybridized carbons (Fsp3) is 0.889. The quantitative estimate of drug-likeness (QED) is 0.516. The van der Waals surface area contributed by atoms with Crippen molar-refractivity contribution in [2.45, 2.75) is 65.3 Å². The molecule has 0 amide bonds. The summed E-state index contributed by atoms with van der Waals surface area (Å²) in [4.78, 5) is 0. The Morgan fingerprint density at radius 3 is 2.76 bits per heavy atom. The Morgan fingerprint density at radius 1 is 1.29 bits per heavy atom. The Morgan fingerprint density at radius 2 is 2.05 bits per heavy atom. The molecule has 21 heavy (non-hydrogen) atoms. The number of halogens is 1. The van der Waals surface area contributed by atoms with Gasteiger partial charge in [-0.2, -0.15) is 0 Å².